The van der Waals surface area contributed by atoms with Crippen LogP contribution in [0.1, 0.15) is 53.4 Å². The number of hydrogen-bond donors (Lipinski definition) is 1. The Balaban J connectivity index is 1.84. The van der Waals surface area contributed by atoms with Crippen molar-refractivity contribution >= 4 is 17.5 Å². The number of carbonyl (C=O) groups is 2. The third-order valence-corrected chi connectivity index (χ3v) is 5.94. The highest BCUT2D eigenvalue weighted by molar-refractivity contribution is 6.09. The number of nitrogens with zero attached hydrogens (tertiary/aromatic N) is 1. The van der Waals surface area contributed by atoms with E-state index in [1.54, 1.807) is 25.3 Å². The molecule has 0 spiro atoms. The van der Waals surface area contributed by atoms with Gasteiger partial charge in [-0.05, 0) is 61.2 Å². The summed E-state index contributed by atoms with van der Waals surface area (Å²) in [7, 11) is 1.58. The summed E-state index contributed by atoms with van der Waals surface area (Å²) in [4.78, 5) is 28.9. The Morgan fingerprint density at radius 2 is 1.84 bits per heavy atom. The minimum absolute atomic E-state index is 0.119. The molecule has 1 unspecified atom stereocenters. The lowest BCUT2D eigenvalue weighted by Crippen LogP contribution is -2.46. The molecular weight excluding hydrogens is 404 g/mol. The zero-order valence-corrected chi connectivity index (χ0v) is 18.4. The molecule has 6 nitrogen and oxygen atoms in total. The molecule has 1 N–H and O–H groups in total. The van der Waals surface area contributed by atoms with Crippen molar-refractivity contribution in [2.75, 3.05) is 12.0 Å². The Morgan fingerprint density at radius 3 is 2.53 bits per heavy atom. The molecular formula is C26H28N2O4. The van der Waals surface area contributed by atoms with E-state index in [1.165, 1.54) is 11.2 Å². The first-order valence-corrected chi connectivity index (χ1v) is 11.0. The first kappa shape index (κ1) is 21.7. The van der Waals surface area contributed by atoms with Crippen LogP contribution >= 0.6 is 0 Å². The lowest BCUT2D eigenvalue weighted by atomic mass is 10.0. The summed E-state index contributed by atoms with van der Waals surface area (Å²) in [5.74, 6) is 0.207. The van der Waals surface area contributed by atoms with E-state index in [1.807, 2.05) is 49.4 Å². The quantitative estimate of drug-likeness (QED) is 0.568. The predicted molar refractivity (Wildman–Crippen MR) is 123 cm³/mol. The lowest BCUT2D eigenvalue weighted by molar-refractivity contribution is -0.123. The molecule has 1 aromatic heterocycles. The van der Waals surface area contributed by atoms with Crippen molar-refractivity contribution in [3.05, 3.63) is 83.8 Å². The van der Waals surface area contributed by atoms with Gasteiger partial charge in [-0.25, -0.2) is 0 Å². The van der Waals surface area contributed by atoms with Gasteiger partial charge in [-0.2, -0.15) is 0 Å². The van der Waals surface area contributed by atoms with Gasteiger partial charge < -0.3 is 14.5 Å². The average molecular weight is 433 g/mol. The maximum atomic E-state index is 13.7. The molecule has 2 amide bonds. The van der Waals surface area contributed by atoms with Crippen molar-refractivity contribution < 1.29 is 18.7 Å². The average Bonchev–Trinajstić information content (AvgIpc) is 3.52. The van der Waals surface area contributed by atoms with E-state index in [0.29, 0.717) is 17.0 Å². The van der Waals surface area contributed by atoms with Crippen molar-refractivity contribution in [1.29, 1.82) is 0 Å². The van der Waals surface area contributed by atoms with Crippen LogP contribution in [0.4, 0.5) is 5.69 Å². The molecule has 2 aromatic carbocycles. The number of furan rings is 1. The number of para-hydroxylation sites is 1. The third kappa shape index (κ3) is 4.54. The number of aryl methyl sites for hydroxylation is 1. The summed E-state index contributed by atoms with van der Waals surface area (Å²) >= 11 is 0. The highest BCUT2D eigenvalue weighted by Crippen LogP contribution is 2.34. The molecule has 0 saturated heterocycles. The van der Waals surface area contributed by atoms with Crippen LogP contribution in [-0.4, -0.2) is 25.0 Å². The van der Waals surface area contributed by atoms with Gasteiger partial charge >= 0.3 is 0 Å². The number of methoxy groups -OCH3 is 1. The van der Waals surface area contributed by atoms with E-state index in [0.717, 1.165) is 31.2 Å². The van der Waals surface area contributed by atoms with Gasteiger partial charge in [0, 0.05) is 11.7 Å². The molecule has 1 fully saturated rings. The van der Waals surface area contributed by atoms with Crippen LogP contribution in [0, 0.1) is 6.92 Å². The topological polar surface area (TPSA) is 71.8 Å². The number of anilines is 1. The smallest absolute Gasteiger partial charge is 0.294 e. The normalized spacial score (nSPS) is 14.7. The molecule has 166 valence electrons. The number of amides is 2. The molecule has 1 aliphatic rings. The zero-order valence-electron chi connectivity index (χ0n) is 18.4. The van der Waals surface area contributed by atoms with Crippen molar-refractivity contribution in [2.45, 2.75) is 44.7 Å². The Hall–Kier alpha value is -3.54. The van der Waals surface area contributed by atoms with E-state index in [2.05, 4.69) is 5.32 Å². The minimum atomic E-state index is -0.885. The van der Waals surface area contributed by atoms with Crippen molar-refractivity contribution in [3.8, 4) is 5.75 Å². The van der Waals surface area contributed by atoms with Crippen LogP contribution in [0.2, 0.25) is 0 Å². The fourth-order valence-electron chi connectivity index (χ4n) is 4.30. The Labute approximate surface area is 188 Å². The van der Waals surface area contributed by atoms with Crippen LogP contribution in [0.25, 0.3) is 0 Å². The van der Waals surface area contributed by atoms with Crippen LogP contribution in [0.5, 0.6) is 5.75 Å². The fourth-order valence-corrected chi connectivity index (χ4v) is 4.30. The molecule has 32 heavy (non-hydrogen) atoms. The minimum Gasteiger partial charge on any atom is -0.497 e. The van der Waals surface area contributed by atoms with E-state index in [-0.39, 0.29) is 23.6 Å². The summed E-state index contributed by atoms with van der Waals surface area (Å²) in [6.45, 7) is 1.93. The SMILES string of the molecule is COc1cccc(C(C(=O)NC2CCCC2)N(C(=O)c2ccco2)c2ccccc2C)c1. The number of nitrogens with one attached hydrogen (secondary N) is 1. The molecule has 3 aromatic rings. The first-order chi connectivity index (χ1) is 15.6. The number of carbonyl (C=O) groups excluding carboxylic acids is 2. The van der Waals surface area contributed by atoms with Crippen molar-refractivity contribution in [1.82, 2.24) is 5.32 Å². The Kier molecular flexibility index (Phi) is 6.59. The number of benzene rings is 2. The standard InChI is InChI=1S/C26H28N2O4/c1-18-9-3-6-14-22(18)28(26(30)23-15-8-16-32-23)24(19-10-7-13-21(17-19)31-2)25(29)27-20-11-4-5-12-20/h3,6-10,13-17,20,24H,4-5,11-12H2,1-2H3,(H,27,29). The summed E-state index contributed by atoms with van der Waals surface area (Å²) in [6, 6.07) is 17.4. The van der Waals surface area contributed by atoms with Gasteiger partial charge in [0.15, 0.2) is 5.76 Å². The molecule has 0 radical (unpaired) electrons. The monoisotopic (exact) mass is 432 g/mol. The molecule has 1 atom stereocenters. The molecule has 6 heteroatoms. The van der Waals surface area contributed by atoms with Crippen LogP contribution < -0.4 is 15.0 Å². The lowest BCUT2D eigenvalue weighted by Gasteiger charge is -2.32. The summed E-state index contributed by atoms with van der Waals surface area (Å²) < 4.78 is 10.8. The molecule has 1 heterocycles. The first-order valence-electron chi connectivity index (χ1n) is 11.0. The summed E-state index contributed by atoms with van der Waals surface area (Å²) in [6.07, 6.45) is 5.56. The highest BCUT2D eigenvalue weighted by Gasteiger charge is 2.36. The largest absolute Gasteiger partial charge is 0.497 e. The number of hydrogen-bond acceptors (Lipinski definition) is 4. The van der Waals surface area contributed by atoms with Crippen molar-refractivity contribution in [3.63, 3.8) is 0 Å². The highest BCUT2D eigenvalue weighted by atomic mass is 16.5. The van der Waals surface area contributed by atoms with Gasteiger partial charge in [0.2, 0.25) is 5.91 Å². The van der Waals surface area contributed by atoms with Gasteiger partial charge in [0.25, 0.3) is 5.91 Å². The van der Waals surface area contributed by atoms with E-state index < -0.39 is 6.04 Å². The molecule has 0 aliphatic heterocycles. The second kappa shape index (κ2) is 9.73. The number of rotatable bonds is 7. The third-order valence-electron chi connectivity index (χ3n) is 5.94. The van der Waals surface area contributed by atoms with Gasteiger partial charge in [-0.3, -0.25) is 14.5 Å². The zero-order chi connectivity index (χ0) is 22.5. The van der Waals surface area contributed by atoms with Gasteiger partial charge in [0.05, 0.1) is 13.4 Å². The maximum Gasteiger partial charge on any atom is 0.294 e. The van der Waals surface area contributed by atoms with Crippen LogP contribution in [0.15, 0.2) is 71.3 Å². The van der Waals surface area contributed by atoms with E-state index in [9.17, 15) is 9.59 Å². The van der Waals surface area contributed by atoms with Crippen LogP contribution in [0.3, 0.4) is 0 Å². The molecule has 1 saturated carbocycles. The Morgan fingerprint density at radius 1 is 1.06 bits per heavy atom. The second-order valence-electron chi connectivity index (χ2n) is 8.11. The predicted octanol–water partition coefficient (Wildman–Crippen LogP) is 5.04. The molecule has 4 rings (SSSR count). The van der Waals surface area contributed by atoms with Crippen LogP contribution in [-0.2, 0) is 4.79 Å². The molecule has 1 aliphatic carbocycles. The van der Waals surface area contributed by atoms with E-state index in [4.69, 9.17) is 9.15 Å². The van der Waals surface area contributed by atoms with Gasteiger partial charge in [0.1, 0.15) is 11.8 Å². The van der Waals surface area contributed by atoms with Gasteiger partial charge in [-0.1, -0.05) is 43.2 Å². The van der Waals surface area contributed by atoms with Gasteiger partial charge in [-0.15, -0.1) is 0 Å². The summed E-state index contributed by atoms with van der Waals surface area (Å²) in [5.41, 5.74) is 2.21. The Bertz CT molecular complexity index is 1070. The van der Waals surface area contributed by atoms with Crippen molar-refractivity contribution in [2.24, 2.45) is 0 Å². The second-order valence-corrected chi connectivity index (χ2v) is 8.11. The van der Waals surface area contributed by atoms with E-state index >= 15 is 0 Å². The summed E-state index contributed by atoms with van der Waals surface area (Å²) in [5, 5.41) is 3.18. The molecule has 0 bridgehead atoms. The number of ether oxygens (including phenoxy) is 1. The maximum absolute atomic E-state index is 13.7. The fraction of sp³-hybridized carbons (Fsp3) is 0.308.